The Morgan fingerprint density at radius 3 is 2.86 bits per heavy atom. The van der Waals surface area contributed by atoms with Crippen LogP contribution in [0.25, 0.3) is 0 Å². The number of hydrogen-bond donors (Lipinski definition) is 1. The highest BCUT2D eigenvalue weighted by molar-refractivity contribution is 5.98. The molecule has 0 aromatic carbocycles. The minimum Gasteiger partial charge on any atom is -0.365 e. The van der Waals surface area contributed by atoms with Crippen molar-refractivity contribution in [2.75, 3.05) is 13.1 Å². The minimum atomic E-state index is -0.707. The van der Waals surface area contributed by atoms with Crippen molar-refractivity contribution < 1.29 is 9.59 Å². The molecule has 2 amide bonds. The van der Waals surface area contributed by atoms with Crippen LogP contribution in [-0.2, 0) is 12.0 Å². The van der Waals surface area contributed by atoms with Crippen LogP contribution >= 0.6 is 0 Å². The molecule has 1 spiro atoms. The van der Waals surface area contributed by atoms with Crippen LogP contribution in [0.3, 0.4) is 0 Å². The zero-order chi connectivity index (χ0) is 14.8. The molecule has 6 heteroatoms. The van der Waals surface area contributed by atoms with Gasteiger partial charge in [0.25, 0.3) is 11.8 Å². The van der Waals surface area contributed by atoms with Crippen LogP contribution in [0, 0.1) is 0 Å². The first-order valence-corrected chi connectivity index (χ1v) is 7.07. The number of amides is 2. The Labute approximate surface area is 120 Å². The largest absolute Gasteiger partial charge is 0.365 e. The quantitative estimate of drug-likeness (QED) is 0.737. The van der Waals surface area contributed by atoms with Gasteiger partial charge in [-0.3, -0.25) is 14.4 Å². The first-order chi connectivity index (χ1) is 10.0. The van der Waals surface area contributed by atoms with E-state index in [2.05, 4.69) is 6.08 Å². The van der Waals surface area contributed by atoms with E-state index in [0.717, 1.165) is 12.8 Å². The molecule has 4 heterocycles. The van der Waals surface area contributed by atoms with Gasteiger partial charge in [-0.05, 0) is 19.3 Å². The molecular weight excluding hydrogens is 270 g/mol. The molecule has 108 valence electrons. The molecule has 3 aliphatic heterocycles. The molecule has 0 aliphatic carbocycles. The van der Waals surface area contributed by atoms with Gasteiger partial charge in [0.15, 0.2) is 5.43 Å². The van der Waals surface area contributed by atoms with Crippen LogP contribution in [0.15, 0.2) is 23.0 Å². The Kier molecular flexibility index (Phi) is 2.26. The van der Waals surface area contributed by atoms with Crippen molar-refractivity contribution in [3.63, 3.8) is 0 Å². The summed E-state index contributed by atoms with van der Waals surface area (Å²) in [5.41, 5.74) is 5.77. The predicted molar refractivity (Wildman–Crippen MR) is 75.2 cm³/mol. The third-order valence-electron chi connectivity index (χ3n) is 4.84. The number of primary amides is 1. The highest BCUT2D eigenvalue weighted by atomic mass is 16.2. The summed E-state index contributed by atoms with van der Waals surface area (Å²) >= 11 is 0. The number of carbonyl (C=O) groups is 2. The number of allylic oxidation sites excluding steroid dienone is 1. The van der Waals surface area contributed by atoms with Gasteiger partial charge in [-0.15, -0.1) is 0 Å². The normalized spacial score (nSPS) is 25.7. The number of aromatic nitrogens is 1. The lowest BCUT2D eigenvalue weighted by Gasteiger charge is -2.41. The predicted octanol–water partition coefficient (Wildman–Crippen LogP) is 0.00440. The molecule has 4 rings (SSSR count). The van der Waals surface area contributed by atoms with E-state index in [1.165, 1.54) is 6.07 Å². The lowest BCUT2D eigenvalue weighted by molar-refractivity contribution is 0.0603. The number of carbonyl (C=O) groups excluding carboxylic acids is 2. The Hall–Kier alpha value is -2.37. The summed E-state index contributed by atoms with van der Waals surface area (Å²) in [4.78, 5) is 38.1. The second-order valence-electron chi connectivity index (χ2n) is 6.00. The summed E-state index contributed by atoms with van der Waals surface area (Å²) < 4.78 is 1.92. The summed E-state index contributed by atoms with van der Waals surface area (Å²) in [6, 6.07) is 1.28. The third-order valence-corrected chi connectivity index (χ3v) is 4.84. The van der Waals surface area contributed by atoms with Crippen LogP contribution in [0.5, 0.6) is 0 Å². The standard InChI is InChI=1S/C15H15N3O3/c16-13(20)12-9-3-5-15-4-1-2-6-17(8-15)14(21)10(18(9)15)7-11(12)19/h1-2,7H,3-6,8H2,(H2,16,20). The number of nitrogens with zero attached hydrogens (tertiary/aromatic N) is 2. The van der Waals surface area contributed by atoms with Crippen molar-refractivity contribution in [1.29, 1.82) is 0 Å². The highest BCUT2D eigenvalue weighted by Gasteiger charge is 2.48. The van der Waals surface area contributed by atoms with Gasteiger partial charge in [-0.25, -0.2) is 0 Å². The van der Waals surface area contributed by atoms with Crippen molar-refractivity contribution in [3.05, 3.63) is 45.4 Å². The number of fused-ring (bicyclic) bond motifs is 1. The summed E-state index contributed by atoms with van der Waals surface area (Å²) in [6.45, 7) is 1.20. The maximum Gasteiger partial charge on any atom is 0.271 e. The van der Waals surface area contributed by atoms with Crippen molar-refractivity contribution in [3.8, 4) is 0 Å². The first-order valence-electron chi connectivity index (χ1n) is 7.07. The fourth-order valence-corrected chi connectivity index (χ4v) is 3.97. The molecule has 1 aromatic heterocycles. The summed E-state index contributed by atoms with van der Waals surface area (Å²) in [6.07, 6.45) is 6.30. The maximum absolute atomic E-state index is 12.6. The molecule has 0 saturated carbocycles. The van der Waals surface area contributed by atoms with Crippen LogP contribution in [-0.4, -0.2) is 34.4 Å². The van der Waals surface area contributed by atoms with Crippen molar-refractivity contribution in [2.24, 2.45) is 5.73 Å². The second kappa shape index (κ2) is 3.84. The smallest absolute Gasteiger partial charge is 0.271 e. The maximum atomic E-state index is 12.6. The molecule has 1 atom stereocenters. The molecule has 0 saturated heterocycles. The molecular formula is C15H15N3O3. The number of pyridine rings is 1. The highest BCUT2D eigenvalue weighted by Crippen LogP contribution is 2.42. The number of nitrogens with two attached hydrogens (primary N) is 1. The molecule has 1 unspecified atom stereocenters. The zero-order valence-electron chi connectivity index (χ0n) is 11.5. The van der Waals surface area contributed by atoms with Gasteiger partial charge < -0.3 is 15.2 Å². The van der Waals surface area contributed by atoms with E-state index < -0.39 is 11.3 Å². The van der Waals surface area contributed by atoms with Gasteiger partial charge in [0.1, 0.15) is 11.3 Å². The number of hydrogen-bond acceptors (Lipinski definition) is 3. The Morgan fingerprint density at radius 1 is 1.29 bits per heavy atom. The second-order valence-corrected chi connectivity index (χ2v) is 6.00. The topological polar surface area (TPSA) is 85.4 Å². The molecule has 0 radical (unpaired) electrons. The van der Waals surface area contributed by atoms with Gasteiger partial charge in [0.2, 0.25) is 0 Å². The SMILES string of the molecule is NC(=O)c1c2n3c(cc1=O)C(=O)N1CC=CCC3(CC2)C1. The zero-order valence-corrected chi connectivity index (χ0v) is 11.5. The van der Waals surface area contributed by atoms with Gasteiger partial charge in [0.05, 0.1) is 5.54 Å². The fourth-order valence-electron chi connectivity index (χ4n) is 3.97. The average Bonchev–Trinajstić information content (AvgIpc) is 2.67. The first kappa shape index (κ1) is 12.4. The van der Waals surface area contributed by atoms with E-state index in [-0.39, 0.29) is 17.0 Å². The third kappa shape index (κ3) is 1.44. The van der Waals surface area contributed by atoms with Gasteiger partial charge in [0, 0.05) is 24.8 Å². The summed E-state index contributed by atoms with van der Waals surface area (Å²) in [7, 11) is 0. The summed E-state index contributed by atoms with van der Waals surface area (Å²) in [5.74, 6) is -0.852. The molecule has 0 fully saturated rings. The number of rotatable bonds is 1. The van der Waals surface area contributed by atoms with Crippen molar-refractivity contribution in [2.45, 2.75) is 24.8 Å². The van der Waals surface area contributed by atoms with E-state index in [1.807, 2.05) is 10.6 Å². The minimum absolute atomic E-state index is 0.0464. The van der Waals surface area contributed by atoms with Gasteiger partial charge in [-0.2, -0.15) is 0 Å². The Morgan fingerprint density at radius 2 is 2.10 bits per heavy atom. The van der Waals surface area contributed by atoms with Gasteiger partial charge in [-0.1, -0.05) is 12.2 Å². The van der Waals surface area contributed by atoms with E-state index in [9.17, 15) is 14.4 Å². The molecule has 1 aromatic rings. The summed E-state index contributed by atoms with van der Waals surface area (Å²) in [5, 5.41) is 0. The lowest BCUT2D eigenvalue weighted by Crippen LogP contribution is -2.52. The Balaban J connectivity index is 2.09. The fraction of sp³-hybridized carbons (Fsp3) is 0.400. The lowest BCUT2D eigenvalue weighted by atomic mass is 9.90. The Bertz CT molecular complexity index is 777. The van der Waals surface area contributed by atoms with Crippen LogP contribution in [0.4, 0.5) is 0 Å². The van der Waals surface area contributed by atoms with E-state index in [4.69, 9.17) is 5.73 Å². The van der Waals surface area contributed by atoms with Crippen molar-refractivity contribution >= 4 is 11.8 Å². The van der Waals surface area contributed by atoms with Crippen LogP contribution in [0.1, 0.15) is 39.4 Å². The molecule has 21 heavy (non-hydrogen) atoms. The molecule has 6 nitrogen and oxygen atoms in total. The molecule has 3 aliphatic rings. The molecule has 2 bridgehead atoms. The monoisotopic (exact) mass is 285 g/mol. The van der Waals surface area contributed by atoms with E-state index in [0.29, 0.717) is 30.9 Å². The van der Waals surface area contributed by atoms with Crippen LogP contribution < -0.4 is 11.2 Å². The van der Waals surface area contributed by atoms with Gasteiger partial charge >= 0.3 is 0 Å². The average molecular weight is 285 g/mol. The van der Waals surface area contributed by atoms with E-state index >= 15 is 0 Å². The molecule has 2 N–H and O–H groups in total. The van der Waals surface area contributed by atoms with Crippen molar-refractivity contribution in [1.82, 2.24) is 9.47 Å². The van der Waals surface area contributed by atoms with E-state index in [1.54, 1.807) is 4.90 Å². The van der Waals surface area contributed by atoms with Crippen LogP contribution in [0.2, 0.25) is 0 Å².